The van der Waals surface area contributed by atoms with Crippen LogP contribution in [0.3, 0.4) is 0 Å². The first kappa shape index (κ1) is 14.1. The molecule has 0 heterocycles. The minimum absolute atomic E-state index is 0.165. The Morgan fingerprint density at radius 3 is 2.60 bits per heavy atom. The fourth-order valence-electron chi connectivity index (χ4n) is 1.73. The molecule has 2 rings (SSSR count). The van der Waals surface area contributed by atoms with E-state index in [1.54, 1.807) is 31.2 Å². The van der Waals surface area contributed by atoms with Crippen LogP contribution in [0.25, 0.3) is 0 Å². The van der Waals surface area contributed by atoms with Crippen LogP contribution in [0.15, 0.2) is 48.5 Å². The van der Waals surface area contributed by atoms with Gasteiger partial charge in [-0.1, -0.05) is 24.3 Å². The molecule has 0 aliphatic carbocycles. The van der Waals surface area contributed by atoms with E-state index in [1.807, 2.05) is 25.1 Å². The molecule has 2 aromatic carbocycles. The standard InChI is InChI=1S/C16H16FNO2/c1-11-8-9-14(17)15(10-11)18-16(19)12(2)20-13-6-4-3-5-7-13/h3-10,12H,1-2H3,(H,18,19)/t12-/m1/s1. The van der Waals surface area contributed by atoms with Gasteiger partial charge in [0, 0.05) is 0 Å². The maximum atomic E-state index is 13.6. The molecule has 104 valence electrons. The summed E-state index contributed by atoms with van der Waals surface area (Å²) >= 11 is 0. The quantitative estimate of drug-likeness (QED) is 0.925. The van der Waals surface area contributed by atoms with Gasteiger partial charge in [0.1, 0.15) is 11.6 Å². The average molecular weight is 273 g/mol. The number of halogens is 1. The summed E-state index contributed by atoms with van der Waals surface area (Å²) in [5, 5.41) is 2.53. The molecule has 0 bridgehead atoms. The predicted molar refractivity (Wildman–Crippen MR) is 76.3 cm³/mol. The first-order valence-corrected chi connectivity index (χ1v) is 6.35. The lowest BCUT2D eigenvalue weighted by Crippen LogP contribution is -2.30. The van der Waals surface area contributed by atoms with Gasteiger partial charge >= 0.3 is 0 Å². The van der Waals surface area contributed by atoms with Crippen molar-refractivity contribution in [3.63, 3.8) is 0 Å². The van der Waals surface area contributed by atoms with Crippen molar-refractivity contribution in [2.75, 3.05) is 5.32 Å². The normalized spacial score (nSPS) is 11.8. The topological polar surface area (TPSA) is 38.3 Å². The van der Waals surface area contributed by atoms with Crippen molar-refractivity contribution in [1.82, 2.24) is 0 Å². The molecule has 0 spiro atoms. The zero-order valence-corrected chi connectivity index (χ0v) is 11.4. The second-order valence-electron chi connectivity index (χ2n) is 4.55. The molecule has 3 nitrogen and oxygen atoms in total. The van der Waals surface area contributed by atoms with Crippen molar-refractivity contribution >= 4 is 11.6 Å². The van der Waals surface area contributed by atoms with E-state index in [2.05, 4.69) is 5.32 Å². The van der Waals surface area contributed by atoms with Gasteiger partial charge in [-0.05, 0) is 43.7 Å². The Bertz CT molecular complexity index is 599. The molecular formula is C16H16FNO2. The lowest BCUT2D eigenvalue weighted by Gasteiger charge is -2.15. The number of para-hydroxylation sites is 1. The van der Waals surface area contributed by atoms with Crippen molar-refractivity contribution < 1.29 is 13.9 Å². The first-order valence-electron chi connectivity index (χ1n) is 6.35. The Balaban J connectivity index is 2.02. The highest BCUT2D eigenvalue weighted by molar-refractivity contribution is 5.94. The van der Waals surface area contributed by atoms with Crippen LogP contribution in [0.2, 0.25) is 0 Å². The molecule has 0 unspecified atom stereocenters. The number of amides is 1. The molecule has 1 atom stereocenters. The van der Waals surface area contributed by atoms with Crippen LogP contribution >= 0.6 is 0 Å². The molecule has 0 fully saturated rings. The summed E-state index contributed by atoms with van der Waals surface area (Å²) in [5.41, 5.74) is 1.04. The minimum Gasteiger partial charge on any atom is -0.481 e. The number of aryl methyl sites for hydroxylation is 1. The van der Waals surface area contributed by atoms with Gasteiger partial charge in [-0.15, -0.1) is 0 Å². The number of carbonyl (C=O) groups excluding carboxylic acids is 1. The van der Waals surface area contributed by atoms with Crippen molar-refractivity contribution in [2.45, 2.75) is 20.0 Å². The van der Waals surface area contributed by atoms with Gasteiger partial charge in [-0.2, -0.15) is 0 Å². The third kappa shape index (κ3) is 3.57. The number of rotatable bonds is 4. The van der Waals surface area contributed by atoms with Crippen LogP contribution in [-0.2, 0) is 4.79 Å². The molecule has 0 saturated carbocycles. The monoisotopic (exact) mass is 273 g/mol. The van der Waals surface area contributed by atoms with Crippen LogP contribution in [0.5, 0.6) is 5.75 Å². The fraction of sp³-hybridized carbons (Fsp3) is 0.188. The van der Waals surface area contributed by atoms with E-state index in [0.717, 1.165) is 5.56 Å². The van der Waals surface area contributed by atoms with Gasteiger partial charge < -0.3 is 10.1 Å². The maximum Gasteiger partial charge on any atom is 0.265 e. The van der Waals surface area contributed by atoms with Gasteiger partial charge in [-0.25, -0.2) is 4.39 Å². The van der Waals surface area contributed by atoms with Gasteiger partial charge in [0.05, 0.1) is 5.69 Å². The number of hydrogen-bond acceptors (Lipinski definition) is 2. The molecule has 4 heteroatoms. The average Bonchev–Trinajstić information content (AvgIpc) is 2.44. The SMILES string of the molecule is Cc1ccc(F)c(NC(=O)[C@@H](C)Oc2ccccc2)c1. The molecule has 0 saturated heterocycles. The van der Waals surface area contributed by atoms with Gasteiger partial charge in [-0.3, -0.25) is 4.79 Å². The Hall–Kier alpha value is -2.36. The fourth-order valence-corrected chi connectivity index (χ4v) is 1.73. The van der Waals surface area contributed by atoms with Crippen LogP contribution in [0, 0.1) is 12.7 Å². The van der Waals surface area contributed by atoms with Crippen molar-refractivity contribution in [3.05, 3.63) is 59.9 Å². The number of ether oxygens (including phenoxy) is 1. The number of hydrogen-bond donors (Lipinski definition) is 1. The predicted octanol–water partition coefficient (Wildman–Crippen LogP) is 3.54. The molecular weight excluding hydrogens is 257 g/mol. The summed E-state index contributed by atoms with van der Waals surface area (Å²) in [6.07, 6.45) is -0.711. The summed E-state index contributed by atoms with van der Waals surface area (Å²) in [6, 6.07) is 13.6. The van der Waals surface area contributed by atoms with E-state index < -0.39 is 17.8 Å². The van der Waals surface area contributed by atoms with E-state index in [4.69, 9.17) is 4.74 Å². The summed E-state index contributed by atoms with van der Waals surface area (Å²) in [6.45, 7) is 3.45. The summed E-state index contributed by atoms with van der Waals surface area (Å²) in [5.74, 6) is -0.255. The zero-order chi connectivity index (χ0) is 14.5. The molecule has 1 N–H and O–H groups in total. The number of anilines is 1. The molecule has 0 aromatic heterocycles. The Kier molecular flexibility index (Phi) is 4.35. The summed E-state index contributed by atoms with van der Waals surface area (Å²) in [4.78, 5) is 12.0. The summed E-state index contributed by atoms with van der Waals surface area (Å²) in [7, 11) is 0. The highest BCUT2D eigenvalue weighted by Gasteiger charge is 2.16. The summed E-state index contributed by atoms with van der Waals surface area (Å²) < 4.78 is 19.0. The second kappa shape index (κ2) is 6.19. The smallest absolute Gasteiger partial charge is 0.265 e. The zero-order valence-electron chi connectivity index (χ0n) is 11.4. The van der Waals surface area contributed by atoms with Crippen LogP contribution in [0.4, 0.5) is 10.1 Å². The van der Waals surface area contributed by atoms with Gasteiger partial charge in [0.25, 0.3) is 5.91 Å². The Morgan fingerprint density at radius 2 is 1.90 bits per heavy atom. The lowest BCUT2D eigenvalue weighted by atomic mass is 10.2. The van der Waals surface area contributed by atoms with Crippen LogP contribution in [-0.4, -0.2) is 12.0 Å². The number of nitrogens with one attached hydrogen (secondary N) is 1. The van der Waals surface area contributed by atoms with Crippen molar-refractivity contribution in [3.8, 4) is 5.75 Å². The molecule has 0 aliphatic heterocycles. The van der Waals surface area contributed by atoms with E-state index >= 15 is 0 Å². The Labute approximate surface area is 117 Å². The minimum atomic E-state index is -0.711. The third-order valence-electron chi connectivity index (χ3n) is 2.81. The maximum absolute atomic E-state index is 13.6. The van der Waals surface area contributed by atoms with Crippen molar-refractivity contribution in [2.24, 2.45) is 0 Å². The van der Waals surface area contributed by atoms with E-state index in [1.165, 1.54) is 6.07 Å². The van der Waals surface area contributed by atoms with E-state index in [-0.39, 0.29) is 5.69 Å². The molecule has 20 heavy (non-hydrogen) atoms. The van der Waals surface area contributed by atoms with Crippen LogP contribution < -0.4 is 10.1 Å². The molecule has 0 radical (unpaired) electrons. The number of benzene rings is 2. The van der Waals surface area contributed by atoms with Gasteiger partial charge in [0.15, 0.2) is 6.10 Å². The first-order chi connectivity index (χ1) is 9.56. The molecule has 2 aromatic rings. The van der Waals surface area contributed by atoms with Gasteiger partial charge in [0.2, 0.25) is 0 Å². The highest BCUT2D eigenvalue weighted by atomic mass is 19.1. The Morgan fingerprint density at radius 1 is 1.20 bits per heavy atom. The van der Waals surface area contributed by atoms with E-state index in [0.29, 0.717) is 5.75 Å². The highest BCUT2D eigenvalue weighted by Crippen LogP contribution is 2.17. The van der Waals surface area contributed by atoms with E-state index in [9.17, 15) is 9.18 Å². The number of carbonyl (C=O) groups is 1. The molecule has 0 aliphatic rings. The third-order valence-corrected chi connectivity index (χ3v) is 2.81. The lowest BCUT2D eigenvalue weighted by molar-refractivity contribution is -0.122. The second-order valence-corrected chi connectivity index (χ2v) is 4.55. The van der Waals surface area contributed by atoms with Crippen LogP contribution in [0.1, 0.15) is 12.5 Å². The largest absolute Gasteiger partial charge is 0.481 e. The van der Waals surface area contributed by atoms with Crippen molar-refractivity contribution in [1.29, 1.82) is 0 Å². The molecule has 1 amide bonds.